The summed E-state index contributed by atoms with van der Waals surface area (Å²) in [5, 5.41) is 8.39. The molecular formula is C10H5BrF6N2O. The van der Waals surface area contributed by atoms with Crippen LogP contribution in [-0.2, 0) is 17.9 Å². The second kappa shape index (κ2) is 5.87. The summed E-state index contributed by atoms with van der Waals surface area (Å²) in [5.74, 6) is -1.47. The van der Waals surface area contributed by atoms with Crippen LogP contribution in [0.2, 0.25) is 0 Å². The van der Waals surface area contributed by atoms with Crippen LogP contribution in [0.15, 0.2) is 6.20 Å². The van der Waals surface area contributed by atoms with E-state index in [2.05, 4.69) is 25.7 Å². The number of nitrogens with zero attached hydrogens (tertiary/aromatic N) is 2. The Morgan fingerprint density at radius 3 is 2.25 bits per heavy atom. The molecule has 0 aromatic carbocycles. The number of pyridine rings is 1. The number of aromatic nitrogens is 1. The molecule has 1 aromatic rings. The molecule has 0 bridgehead atoms. The van der Waals surface area contributed by atoms with Crippen LogP contribution >= 0.6 is 15.9 Å². The Morgan fingerprint density at radius 2 is 1.85 bits per heavy atom. The van der Waals surface area contributed by atoms with Crippen LogP contribution in [0.3, 0.4) is 0 Å². The zero-order chi connectivity index (χ0) is 15.6. The summed E-state index contributed by atoms with van der Waals surface area (Å²) in [6.07, 6.45) is -10.8. The number of ether oxygens (including phenoxy) is 1. The Kier molecular flexibility index (Phi) is 4.86. The minimum Gasteiger partial charge on any atom is -0.403 e. The Bertz CT molecular complexity index is 534. The average molecular weight is 363 g/mol. The van der Waals surface area contributed by atoms with Crippen molar-refractivity contribution in [3.05, 3.63) is 23.0 Å². The highest BCUT2D eigenvalue weighted by Crippen LogP contribution is 2.41. The first-order chi connectivity index (χ1) is 9.10. The standard InChI is InChI=1S/C10H5BrF6N2O/c11-3-6-5(1-2-18)8(9(12,13)14)7(4-19-6)20-10(15,16)17/h4H,1,3H2. The summed E-state index contributed by atoms with van der Waals surface area (Å²) in [6, 6.07) is 1.46. The first-order valence-electron chi connectivity index (χ1n) is 4.86. The molecule has 0 amide bonds. The van der Waals surface area contributed by atoms with Crippen LogP contribution in [-0.4, -0.2) is 11.3 Å². The third kappa shape index (κ3) is 4.00. The first kappa shape index (κ1) is 16.6. The number of hydrogen-bond acceptors (Lipinski definition) is 3. The van der Waals surface area contributed by atoms with Gasteiger partial charge in [0, 0.05) is 10.9 Å². The Hall–Kier alpha value is -1.50. The summed E-state index contributed by atoms with van der Waals surface area (Å²) >= 11 is 2.86. The summed E-state index contributed by atoms with van der Waals surface area (Å²) < 4.78 is 78.5. The molecule has 0 aliphatic carbocycles. The third-order valence-corrected chi connectivity index (χ3v) is 2.66. The molecule has 0 saturated heterocycles. The summed E-state index contributed by atoms with van der Waals surface area (Å²) in [5.41, 5.74) is -2.45. The second-order valence-corrected chi connectivity index (χ2v) is 4.00. The number of halogens is 7. The average Bonchev–Trinajstić information content (AvgIpc) is 2.25. The van der Waals surface area contributed by atoms with E-state index >= 15 is 0 Å². The number of hydrogen-bond donors (Lipinski definition) is 0. The minimum atomic E-state index is -5.29. The Labute approximate surface area is 117 Å². The SMILES string of the molecule is N#CCc1c(CBr)ncc(OC(F)(F)F)c1C(F)(F)F. The van der Waals surface area contributed by atoms with E-state index in [4.69, 9.17) is 5.26 Å². The van der Waals surface area contributed by atoms with Crippen LogP contribution < -0.4 is 4.74 Å². The predicted molar refractivity (Wildman–Crippen MR) is 57.9 cm³/mol. The molecule has 20 heavy (non-hydrogen) atoms. The third-order valence-electron chi connectivity index (χ3n) is 2.13. The van der Waals surface area contributed by atoms with Crippen molar-refractivity contribution < 1.29 is 31.1 Å². The smallest absolute Gasteiger partial charge is 0.403 e. The van der Waals surface area contributed by atoms with Gasteiger partial charge >= 0.3 is 12.5 Å². The van der Waals surface area contributed by atoms with Crippen LogP contribution in [0.4, 0.5) is 26.3 Å². The van der Waals surface area contributed by atoms with Gasteiger partial charge in [0.15, 0.2) is 5.75 Å². The lowest BCUT2D eigenvalue weighted by atomic mass is 10.0. The maximum Gasteiger partial charge on any atom is 0.573 e. The van der Waals surface area contributed by atoms with Crippen molar-refractivity contribution >= 4 is 15.9 Å². The van der Waals surface area contributed by atoms with E-state index in [1.165, 1.54) is 6.07 Å². The highest BCUT2D eigenvalue weighted by molar-refractivity contribution is 9.08. The highest BCUT2D eigenvalue weighted by Gasteiger charge is 2.42. The highest BCUT2D eigenvalue weighted by atomic mass is 79.9. The lowest BCUT2D eigenvalue weighted by Gasteiger charge is -2.19. The molecule has 0 radical (unpaired) electrons. The summed E-state index contributed by atoms with van der Waals surface area (Å²) in [7, 11) is 0. The van der Waals surface area contributed by atoms with Crippen molar-refractivity contribution in [2.75, 3.05) is 0 Å². The van der Waals surface area contributed by atoms with Gasteiger partial charge in [0.25, 0.3) is 0 Å². The van der Waals surface area contributed by atoms with Crippen LogP contribution in [0.25, 0.3) is 0 Å². The fraction of sp³-hybridized carbons (Fsp3) is 0.400. The molecule has 3 nitrogen and oxygen atoms in total. The second-order valence-electron chi connectivity index (χ2n) is 3.44. The first-order valence-corrected chi connectivity index (χ1v) is 5.99. The van der Waals surface area contributed by atoms with Gasteiger partial charge < -0.3 is 4.74 Å². The molecule has 0 aliphatic heterocycles. The lowest BCUT2D eigenvalue weighted by Crippen LogP contribution is -2.22. The van der Waals surface area contributed by atoms with Crippen LogP contribution in [0, 0.1) is 11.3 Å². The van der Waals surface area contributed by atoms with Gasteiger partial charge in [-0.1, -0.05) is 15.9 Å². The molecule has 0 fully saturated rings. The number of nitriles is 1. The molecule has 0 saturated carbocycles. The quantitative estimate of drug-likeness (QED) is 0.603. The number of alkyl halides is 7. The fourth-order valence-electron chi connectivity index (χ4n) is 1.47. The summed E-state index contributed by atoms with van der Waals surface area (Å²) in [6.45, 7) is 0. The van der Waals surface area contributed by atoms with E-state index in [-0.39, 0.29) is 11.0 Å². The normalized spacial score (nSPS) is 12.1. The molecule has 110 valence electrons. The van der Waals surface area contributed by atoms with Crippen molar-refractivity contribution in [2.24, 2.45) is 0 Å². The molecule has 1 aromatic heterocycles. The van der Waals surface area contributed by atoms with Crippen molar-refractivity contribution in [3.63, 3.8) is 0 Å². The van der Waals surface area contributed by atoms with Gasteiger partial charge in [-0.25, -0.2) is 0 Å². The van der Waals surface area contributed by atoms with Gasteiger partial charge in [-0.2, -0.15) is 18.4 Å². The van der Waals surface area contributed by atoms with E-state index < -0.39 is 35.8 Å². The van der Waals surface area contributed by atoms with Gasteiger partial charge in [-0.3, -0.25) is 4.98 Å². The van der Waals surface area contributed by atoms with E-state index in [0.717, 1.165) is 0 Å². The molecule has 0 aliphatic rings. The molecular weight excluding hydrogens is 358 g/mol. The minimum absolute atomic E-state index is 0.139. The van der Waals surface area contributed by atoms with Gasteiger partial charge in [-0.05, 0) is 0 Å². The maximum atomic E-state index is 12.9. The van der Waals surface area contributed by atoms with Crippen molar-refractivity contribution in [3.8, 4) is 11.8 Å². The zero-order valence-corrected chi connectivity index (χ0v) is 11.0. The van der Waals surface area contributed by atoms with Crippen molar-refractivity contribution in [2.45, 2.75) is 24.3 Å². The molecule has 0 atom stereocenters. The van der Waals surface area contributed by atoms with Gasteiger partial charge in [0.1, 0.15) is 5.56 Å². The molecule has 0 unspecified atom stereocenters. The zero-order valence-electron chi connectivity index (χ0n) is 9.44. The van der Waals surface area contributed by atoms with Gasteiger partial charge in [0.2, 0.25) is 0 Å². The van der Waals surface area contributed by atoms with Gasteiger partial charge in [-0.15, -0.1) is 13.2 Å². The van der Waals surface area contributed by atoms with E-state index in [0.29, 0.717) is 6.20 Å². The largest absolute Gasteiger partial charge is 0.573 e. The molecule has 0 N–H and O–H groups in total. The van der Waals surface area contributed by atoms with Crippen molar-refractivity contribution in [1.29, 1.82) is 5.26 Å². The summed E-state index contributed by atoms with van der Waals surface area (Å²) in [4.78, 5) is 3.45. The lowest BCUT2D eigenvalue weighted by molar-refractivity contribution is -0.276. The van der Waals surface area contributed by atoms with Crippen LogP contribution in [0.1, 0.15) is 16.8 Å². The maximum absolute atomic E-state index is 12.9. The monoisotopic (exact) mass is 362 g/mol. The number of rotatable bonds is 3. The molecule has 1 heterocycles. The molecule has 10 heteroatoms. The predicted octanol–water partition coefficient (Wildman–Crippen LogP) is 3.96. The van der Waals surface area contributed by atoms with Gasteiger partial charge in [0.05, 0.1) is 24.4 Å². The van der Waals surface area contributed by atoms with E-state index in [1.54, 1.807) is 0 Å². The van der Waals surface area contributed by atoms with Crippen molar-refractivity contribution in [1.82, 2.24) is 4.98 Å². The Balaban J connectivity index is 3.54. The molecule has 1 rings (SSSR count). The van der Waals surface area contributed by atoms with Crippen LogP contribution in [0.5, 0.6) is 5.75 Å². The fourth-order valence-corrected chi connectivity index (χ4v) is 1.95. The Morgan fingerprint density at radius 1 is 1.25 bits per heavy atom. The molecule has 0 spiro atoms. The van der Waals surface area contributed by atoms with E-state index in [9.17, 15) is 26.3 Å². The van der Waals surface area contributed by atoms with E-state index in [1.807, 2.05) is 0 Å². The topological polar surface area (TPSA) is 45.9 Å².